The number of nitrogens with zero attached hydrogens (tertiary/aromatic N) is 4. The van der Waals surface area contributed by atoms with Crippen LogP contribution >= 0.6 is 0 Å². The largest absolute Gasteiger partial charge is 0.308 e. The molecule has 0 aliphatic rings. The molecular weight excluding hydrogens is 440 g/mol. The summed E-state index contributed by atoms with van der Waals surface area (Å²) in [6.45, 7) is 0. The van der Waals surface area contributed by atoms with Crippen LogP contribution in [0.1, 0.15) is 0 Å². The van der Waals surface area contributed by atoms with Gasteiger partial charge in [0.05, 0.1) is 29.1 Å². The van der Waals surface area contributed by atoms with Crippen molar-refractivity contribution < 1.29 is 0 Å². The molecule has 0 saturated heterocycles. The summed E-state index contributed by atoms with van der Waals surface area (Å²) in [4.78, 5) is 9.25. The first-order valence-corrected chi connectivity index (χ1v) is 12.0. The van der Waals surface area contributed by atoms with Gasteiger partial charge >= 0.3 is 0 Å². The van der Waals surface area contributed by atoms with Gasteiger partial charge in [-0.2, -0.15) is 0 Å². The minimum absolute atomic E-state index is 0.920. The molecular formula is C32H22N4. The zero-order valence-corrected chi connectivity index (χ0v) is 19.5. The molecule has 0 fully saturated rings. The Labute approximate surface area is 208 Å². The molecule has 7 rings (SSSR count). The van der Waals surface area contributed by atoms with Crippen molar-refractivity contribution in [3.63, 3.8) is 0 Å². The van der Waals surface area contributed by atoms with Gasteiger partial charge in [0.2, 0.25) is 0 Å². The van der Waals surface area contributed by atoms with Crippen molar-refractivity contribution in [3.8, 4) is 34.0 Å². The van der Waals surface area contributed by atoms with E-state index in [9.17, 15) is 0 Å². The fraction of sp³-hybridized carbons (Fsp3) is 0. The molecule has 0 unspecified atom stereocenters. The van der Waals surface area contributed by atoms with Crippen LogP contribution < -0.4 is 0 Å². The molecule has 3 heterocycles. The Balaban J connectivity index is 1.41. The lowest BCUT2D eigenvalue weighted by Gasteiger charge is -2.14. The summed E-state index contributed by atoms with van der Waals surface area (Å²) in [7, 11) is 0. The van der Waals surface area contributed by atoms with Crippen molar-refractivity contribution in [2.24, 2.45) is 0 Å². The summed E-state index contributed by atoms with van der Waals surface area (Å²) in [6.07, 6.45) is 5.77. The zero-order valence-electron chi connectivity index (χ0n) is 19.5. The van der Waals surface area contributed by atoms with Crippen LogP contribution in [0.3, 0.4) is 0 Å². The SMILES string of the molecule is c1ccc(-c2cnc(-c3ccccc3)n2-c2ccc(-n3c4ccccc4c4ccncc43)cc2)cc1. The topological polar surface area (TPSA) is 35.6 Å². The third-order valence-corrected chi connectivity index (χ3v) is 6.71. The molecule has 4 heteroatoms. The van der Waals surface area contributed by atoms with Gasteiger partial charge in [0.25, 0.3) is 0 Å². The molecule has 170 valence electrons. The van der Waals surface area contributed by atoms with Crippen molar-refractivity contribution in [1.82, 2.24) is 19.1 Å². The highest BCUT2D eigenvalue weighted by Gasteiger charge is 2.16. The number of rotatable bonds is 4. The number of fused-ring (bicyclic) bond motifs is 3. The quantitative estimate of drug-likeness (QED) is 0.269. The lowest BCUT2D eigenvalue weighted by Crippen LogP contribution is -2.01. The van der Waals surface area contributed by atoms with E-state index >= 15 is 0 Å². The lowest BCUT2D eigenvalue weighted by atomic mass is 10.1. The zero-order chi connectivity index (χ0) is 23.9. The van der Waals surface area contributed by atoms with E-state index in [0.29, 0.717) is 0 Å². The number of imidazole rings is 1. The molecule has 0 radical (unpaired) electrons. The monoisotopic (exact) mass is 462 g/mol. The summed E-state index contributed by atoms with van der Waals surface area (Å²) in [5.41, 5.74) is 7.70. The van der Waals surface area contributed by atoms with Crippen LogP contribution in [0.4, 0.5) is 0 Å². The number of benzene rings is 4. The van der Waals surface area contributed by atoms with Crippen molar-refractivity contribution >= 4 is 21.8 Å². The summed E-state index contributed by atoms with van der Waals surface area (Å²) < 4.78 is 4.52. The molecule has 7 aromatic rings. The van der Waals surface area contributed by atoms with Crippen molar-refractivity contribution in [2.75, 3.05) is 0 Å². The molecule has 3 aromatic heterocycles. The molecule has 0 bridgehead atoms. The minimum Gasteiger partial charge on any atom is -0.308 e. The average Bonchev–Trinajstić information content (AvgIpc) is 3.54. The second-order valence-corrected chi connectivity index (χ2v) is 8.80. The fourth-order valence-electron chi connectivity index (χ4n) is 5.06. The lowest BCUT2D eigenvalue weighted by molar-refractivity contribution is 1.07. The van der Waals surface area contributed by atoms with Crippen molar-refractivity contribution in [3.05, 3.63) is 134 Å². The van der Waals surface area contributed by atoms with E-state index in [1.165, 1.54) is 16.3 Å². The molecule has 0 aliphatic carbocycles. The molecule has 0 saturated carbocycles. The molecule has 4 nitrogen and oxygen atoms in total. The third-order valence-electron chi connectivity index (χ3n) is 6.71. The van der Waals surface area contributed by atoms with E-state index in [2.05, 4.69) is 117 Å². The van der Waals surface area contributed by atoms with E-state index in [0.717, 1.165) is 39.5 Å². The number of para-hydroxylation sites is 1. The van der Waals surface area contributed by atoms with Gasteiger partial charge in [-0.15, -0.1) is 0 Å². The van der Waals surface area contributed by atoms with E-state index in [1.807, 2.05) is 30.7 Å². The summed E-state index contributed by atoms with van der Waals surface area (Å²) in [5, 5.41) is 2.43. The summed E-state index contributed by atoms with van der Waals surface area (Å²) in [5.74, 6) is 0.920. The molecule has 36 heavy (non-hydrogen) atoms. The van der Waals surface area contributed by atoms with Crippen molar-refractivity contribution in [2.45, 2.75) is 0 Å². The van der Waals surface area contributed by atoms with Gasteiger partial charge in [-0.3, -0.25) is 9.55 Å². The minimum atomic E-state index is 0.920. The highest BCUT2D eigenvalue weighted by Crippen LogP contribution is 2.33. The van der Waals surface area contributed by atoms with Gasteiger partial charge in [0.1, 0.15) is 5.82 Å². The van der Waals surface area contributed by atoms with Gasteiger partial charge < -0.3 is 4.57 Å². The first-order valence-electron chi connectivity index (χ1n) is 12.0. The average molecular weight is 463 g/mol. The Bertz CT molecular complexity index is 1700. The Morgan fingerprint density at radius 3 is 1.83 bits per heavy atom. The second-order valence-electron chi connectivity index (χ2n) is 8.80. The Morgan fingerprint density at radius 2 is 1.08 bits per heavy atom. The second kappa shape index (κ2) is 8.36. The van der Waals surface area contributed by atoms with Crippen LogP contribution in [0.15, 0.2) is 134 Å². The molecule has 4 aromatic carbocycles. The van der Waals surface area contributed by atoms with E-state index in [-0.39, 0.29) is 0 Å². The number of hydrogen-bond donors (Lipinski definition) is 0. The fourth-order valence-corrected chi connectivity index (χ4v) is 5.06. The van der Waals surface area contributed by atoms with Gasteiger partial charge in [-0.25, -0.2) is 4.98 Å². The predicted molar refractivity (Wildman–Crippen MR) is 147 cm³/mol. The van der Waals surface area contributed by atoms with Gasteiger partial charge in [-0.1, -0.05) is 78.9 Å². The van der Waals surface area contributed by atoms with Gasteiger partial charge in [0, 0.05) is 39.5 Å². The summed E-state index contributed by atoms with van der Waals surface area (Å²) >= 11 is 0. The molecule has 0 amide bonds. The third kappa shape index (κ3) is 3.23. The van der Waals surface area contributed by atoms with Crippen LogP contribution in [0.5, 0.6) is 0 Å². The van der Waals surface area contributed by atoms with Crippen LogP contribution in [0.2, 0.25) is 0 Å². The van der Waals surface area contributed by atoms with Crippen LogP contribution in [-0.2, 0) is 0 Å². The maximum Gasteiger partial charge on any atom is 0.144 e. The smallest absolute Gasteiger partial charge is 0.144 e. The Morgan fingerprint density at radius 1 is 0.472 bits per heavy atom. The Kier molecular flexibility index (Phi) is 4.74. The maximum absolute atomic E-state index is 4.84. The molecule has 0 spiro atoms. The van der Waals surface area contributed by atoms with E-state index in [1.54, 1.807) is 0 Å². The standard InChI is InChI=1S/C32H22N4/c1-3-9-23(10-4-1)30-22-34-32(24-11-5-2-6-12-24)36(30)26-17-15-25(16-18-26)35-29-14-8-7-13-27(29)28-19-20-33-21-31(28)35/h1-22H. The summed E-state index contributed by atoms with van der Waals surface area (Å²) in [6, 6.07) is 40.1. The molecule has 0 atom stereocenters. The van der Waals surface area contributed by atoms with E-state index in [4.69, 9.17) is 4.98 Å². The van der Waals surface area contributed by atoms with Gasteiger partial charge in [-0.05, 0) is 36.4 Å². The predicted octanol–water partition coefficient (Wildman–Crippen LogP) is 7.70. The highest BCUT2D eigenvalue weighted by molar-refractivity contribution is 6.08. The Hall–Kier alpha value is -4.96. The number of pyridine rings is 1. The first kappa shape index (κ1) is 20.4. The normalized spacial score (nSPS) is 11.3. The van der Waals surface area contributed by atoms with Gasteiger partial charge in [0.15, 0.2) is 0 Å². The number of hydrogen-bond acceptors (Lipinski definition) is 2. The van der Waals surface area contributed by atoms with Crippen LogP contribution in [0.25, 0.3) is 55.8 Å². The van der Waals surface area contributed by atoms with Crippen LogP contribution in [-0.4, -0.2) is 19.1 Å². The number of aromatic nitrogens is 4. The first-order chi connectivity index (χ1) is 17.9. The molecule has 0 aliphatic heterocycles. The van der Waals surface area contributed by atoms with E-state index < -0.39 is 0 Å². The molecule has 0 N–H and O–H groups in total. The maximum atomic E-state index is 4.84. The van der Waals surface area contributed by atoms with Crippen LogP contribution in [0, 0.1) is 0 Å². The highest BCUT2D eigenvalue weighted by atomic mass is 15.1. The van der Waals surface area contributed by atoms with Crippen molar-refractivity contribution in [1.29, 1.82) is 0 Å².